The minimum atomic E-state index is -0.545. The SMILES string of the molecule is c1ccc(-c2cc(-c3ccccn3)nc(-c3ccccc3-c3cccc4c3Oc3ccc5c(c3O4)-c3ccccc3C5(c3ccccc3)c3ccccc3)n2)cc1. The fraction of sp³-hybridized carbons (Fsp3) is 0.0192. The fourth-order valence-corrected chi connectivity index (χ4v) is 8.68. The minimum absolute atomic E-state index is 0.545. The highest BCUT2D eigenvalue weighted by Crippen LogP contribution is 2.63. The van der Waals surface area contributed by atoms with Crippen molar-refractivity contribution in [2.45, 2.75) is 5.41 Å². The highest BCUT2D eigenvalue weighted by Gasteiger charge is 2.48. The Kier molecular flexibility index (Phi) is 7.64. The number of aromatic nitrogens is 3. The number of nitrogens with zero attached hydrogens (tertiary/aromatic N) is 3. The molecule has 2 aromatic heterocycles. The number of pyridine rings is 1. The van der Waals surface area contributed by atoms with Crippen LogP contribution in [0.2, 0.25) is 0 Å². The van der Waals surface area contributed by atoms with Gasteiger partial charge >= 0.3 is 0 Å². The molecule has 57 heavy (non-hydrogen) atoms. The summed E-state index contributed by atoms with van der Waals surface area (Å²) in [4.78, 5) is 14.9. The topological polar surface area (TPSA) is 57.1 Å². The summed E-state index contributed by atoms with van der Waals surface area (Å²) in [6.07, 6.45) is 1.79. The summed E-state index contributed by atoms with van der Waals surface area (Å²) in [5.41, 5.74) is 12.4. The predicted molar refractivity (Wildman–Crippen MR) is 225 cm³/mol. The molecule has 0 atom stereocenters. The van der Waals surface area contributed by atoms with Crippen LogP contribution < -0.4 is 9.47 Å². The van der Waals surface area contributed by atoms with Crippen LogP contribution in [-0.4, -0.2) is 15.0 Å². The molecule has 5 nitrogen and oxygen atoms in total. The second kappa shape index (κ2) is 13.3. The van der Waals surface area contributed by atoms with E-state index in [1.165, 1.54) is 16.7 Å². The van der Waals surface area contributed by atoms with E-state index in [0.717, 1.165) is 56.0 Å². The molecule has 1 aliphatic carbocycles. The number of hydrogen-bond acceptors (Lipinski definition) is 5. The molecule has 0 fully saturated rings. The van der Waals surface area contributed by atoms with Crippen LogP contribution in [0, 0.1) is 0 Å². The van der Waals surface area contributed by atoms with Crippen molar-refractivity contribution in [1.29, 1.82) is 0 Å². The van der Waals surface area contributed by atoms with Crippen LogP contribution in [0.5, 0.6) is 23.0 Å². The Bertz CT molecular complexity index is 2850. The van der Waals surface area contributed by atoms with Gasteiger partial charge in [0.1, 0.15) is 0 Å². The number of fused-ring (bicyclic) bond motifs is 6. The van der Waals surface area contributed by atoms with E-state index in [4.69, 9.17) is 19.4 Å². The molecule has 2 aliphatic rings. The van der Waals surface area contributed by atoms with E-state index in [0.29, 0.717) is 28.8 Å². The van der Waals surface area contributed by atoms with Crippen LogP contribution in [0.3, 0.4) is 0 Å². The molecule has 0 spiro atoms. The molecular formula is C52H33N3O2. The number of benzene rings is 7. The summed E-state index contributed by atoms with van der Waals surface area (Å²) < 4.78 is 14.0. The Morgan fingerprint density at radius 3 is 1.72 bits per heavy atom. The Labute approximate surface area is 330 Å². The van der Waals surface area contributed by atoms with Gasteiger partial charge in [-0.2, -0.15) is 0 Å². The zero-order chi connectivity index (χ0) is 37.8. The summed E-state index contributed by atoms with van der Waals surface area (Å²) in [7, 11) is 0. The van der Waals surface area contributed by atoms with Crippen molar-refractivity contribution in [2.24, 2.45) is 0 Å². The van der Waals surface area contributed by atoms with Gasteiger partial charge in [-0.15, -0.1) is 0 Å². The van der Waals surface area contributed by atoms with Gasteiger partial charge in [0.2, 0.25) is 0 Å². The Morgan fingerprint density at radius 2 is 0.982 bits per heavy atom. The smallest absolute Gasteiger partial charge is 0.178 e. The highest BCUT2D eigenvalue weighted by molar-refractivity contribution is 5.93. The van der Waals surface area contributed by atoms with Gasteiger partial charge < -0.3 is 9.47 Å². The molecule has 0 saturated heterocycles. The molecule has 0 radical (unpaired) electrons. The normalized spacial score (nSPS) is 13.0. The summed E-state index contributed by atoms with van der Waals surface area (Å²) in [6.45, 7) is 0. The van der Waals surface area contributed by atoms with Crippen molar-refractivity contribution in [3.8, 4) is 79.3 Å². The first-order chi connectivity index (χ1) is 28.3. The molecule has 0 unspecified atom stereocenters. The van der Waals surface area contributed by atoms with Gasteiger partial charge in [-0.1, -0.05) is 164 Å². The lowest BCUT2D eigenvalue weighted by Gasteiger charge is -2.34. The first kappa shape index (κ1) is 32.8. The van der Waals surface area contributed by atoms with Crippen LogP contribution in [0.4, 0.5) is 0 Å². The first-order valence-electron chi connectivity index (χ1n) is 19.1. The van der Waals surface area contributed by atoms with Crippen molar-refractivity contribution < 1.29 is 9.47 Å². The third-order valence-electron chi connectivity index (χ3n) is 11.1. The van der Waals surface area contributed by atoms with Gasteiger partial charge in [0.15, 0.2) is 28.8 Å². The van der Waals surface area contributed by atoms with Crippen molar-refractivity contribution in [1.82, 2.24) is 15.0 Å². The van der Waals surface area contributed by atoms with Crippen molar-refractivity contribution in [3.63, 3.8) is 0 Å². The van der Waals surface area contributed by atoms with E-state index in [1.54, 1.807) is 6.20 Å². The molecule has 9 aromatic rings. The van der Waals surface area contributed by atoms with E-state index < -0.39 is 5.41 Å². The van der Waals surface area contributed by atoms with Crippen LogP contribution in [0.25, 0.3) is 56.3 Å². The second-order valence-electron chi connectivity index (χ2n) is 14.3. The van der Waals surface area contributed by atoms with E-state index in [1.807, 2.05) is 66.7 Å². The lowest BCUT2D eigenvalue weighted by atomic mass is 9.68. The van der Waals surface area contributed by atoms with Crippen molar-refractivity contribution in [2.75, 3.05) is 0 Å². The fourth-order valence-electron chi connectivity index (χ4n) is 8.68. The maximum atomic E-state index is 7.04. The quantitative estimate of drug-likeness (QED) is 0.170. The van der Waals surface area contributed by atoms with Gasteiger partial charge in [-0.25, -0.2) is 9.97 Å². The standard InChI is InChI=1S/C52H33N3O2/c1-4-17-34(18-5-1)44-33-45(43-28-14-15-32-53-43)55-51(54-44)39-24-11-10-23-37(39)38-26-16-29-46-49(38)56-47-31-30-42-48(50(47)57-46)40-25-12-13-27-41(40)52(42,35-19-6-2-7-20-35)36-21-8-3-9-22-36/h1-33H. The maximum absolute atomic E-state index is 7.04. The third kappa shape index (κ3) is 5.20. The van der Waals surface area contributed by atoms with Gasteiger partial charge in [0.25, 0.3) is 0 Å². The monoisotopic (exact) mass is 731 g/mol. The lowest BCUT2D eigenvalue weighted by Crippen LogP contribution is -2.28. The predicted octanol–water partition coefficient (Wildman–Crippen LogP) is 12.8. The zero-order valence-corrected chi connectivity index (χ0v) is 30.7. The Balaban J connectivity index is 1.07. The zero-order valence-electron chi connectivity index (χ0n) is 30.7. The number of para-hydroxylation sites is 1. The van der Waals surface area contributed by atoms with Crippen molar-refractivity contribution >= 4 is 0 Å². The van der Waals surface area contributed by atoms with Gasteiger partial charge in [0.05, 0.1) is 22.5 Å². The summed E-state index contributed by atoms with van der Waals surface area (Å²) in [6, 6.07) is 66.9. The van der Waals surface area contributed by atoms with Crippen molar-refractivity contribution in [3.05, 3.63) is 223 Å². The van der Waals surface area contributed by atoms with Gasteiger partial charge in [-0.3, -0.25) is 4.98 Å². The van der Waals surface area contributed by atoms with Crippen LogP contribution in [0.1, 0.15) is 22.3 Å². The maximum Gasteiger partial charge on any atom is 0.178 e. The van der Waals surface area contributed by atoms with Crippen LogP contribution in [0.15, 0.2) is 200 Å². The van der Waals surface area contributed by atoms with E-state index in [9.17, 15) is 0 Å². The van der Waals surface area contributed by atoms with Gasteiger partial charge in [0, 0.05) is 28.5 Å². The highest BCUT2D eigenvalue weighted by atomic mass is 16.6. The van der Waals surface area contributed by atoms with Gasteiger partial charge in [-0.05, 0) is 63.7 Å². The Morgan fingerprint density at radius 1 is 0.386 bits per heavy atom. The average Bonchev–Trinajstić information content (AvgIpc) is 3.61. The number of hydrogen-bond donors (Lipinski definition) is 0. The molecular weight excluding hydrogens is 699 g/mol. The molecule has 0 N–H and O–H groups in total. The molecule has 0 amide bonds. The molecule has 5 heteroatoms. The third-order valence-corrected chi connectivity index (χ3v) is 11.1. The van der Waals surface area contributed by atoms with Crippen LogP contribution >= 0.6 is 0 Å². The Hall–Kier alpha value is -7.63. The molecule has 3 heterocycles. The summed E-state index contributed by atoms with van der Waals surface area (Å²) in [5, 5.41) is 0. The average molecular weight is 732 g/mol. The molecule has 11 rings (SSSR count). The van der Waals surface area contributed by atoms with E-state index in [2.05, 4.69) is 132 Å². The second-order valence-corrected chi connectivity index (χ2v) is 14.3. The summed E-state index contributed by atoms with van der Waals surface area (Å²) >= 11 is 0. The number of ether oxygens (including phenoxy) is 2. The molecule has 0 bridgehead atoms. The minimum Gasteiger partial charge on any atom is -0.449 e. The van der Waals surface area contributed by atoms with E-state index >= 15 is 0 Å². The lowest BCUT2D eigenvalue weighted by molar-refractivity contribution is 0.361. The molecule has 7 aromatic carbocycles. The van der Waals surface area contributed by atoms with E-state index in [-0.39, 0.29) is 0 Å². The molecule has 0 saturated carbocycles. The largest absolute Gasteiger partial charge is 0.449 e. The molecule has 268 valence electrons. The number of rotatable bonds is 6. The van der Waals surface area contributed by atoms with Crippen LogP contribution in [-0.2, 0) is 5.41 Å². The first-order valence-corrected chi connectivity index (χ1v) is 19.1. The summed E-state index contributed by atoms with van der Waals surface area (Å²) in [5.74, 6) is 3.26. The molecule has 1 aliphatic heterocycles.